The van der Waals surface area contributed by atoms with Gasteiger partial charge < -0.3 is 9.32 Å². The van der Waals surface area contributed by atoms with Crippen LogP contribution in [-0.2, 0) is 16.2 Å². The fraction of sp³-hybridized carbons (Fsp3) is 0.115. The van der Waals surface area contributed by atoms with E-state index in [1.165, 1.54) is 77.9 Å². The first-order chi connectivity index (χ1) is 30.7. The quantitative estimate of drug-likeness (QED) is 0.172. The lowest BCUT2D eigenvalue weighted by molar-refractivity contribution is 0.660. The van der Waals surface area contributed by atoms with Gasteiger partial charge in [0, 0.05) is 44.7 Å². The number of hydrogen-bond donors (Lipinski definition) is 0. The molecule has 0 saturated carbocycles. The van der Waals surface area contributed by atoms with Crippen molar-refractivity contribution in [3.63, 3.8) is 0 Å². The summed E-state index contributed by atoms with van der Waals surface area (Å²) in [7, 11) is 0. The molecule has 0 radical (unpaired) electrons. The molecule has 0 spiro atoms. The lowest BCUT2D eigenvalue weighted by Gasteiger charge is -2.33. The molecule has 0 unspecified atom stereocenters. The van der Waals surface area contributed by atoms with Crippen LogP contribution in [0.4, 0.5) is 17.1 Å². The van der Waals surface area contributed by atoms with Crippen molar-refractivity contribution >= 4 is 39.0 Å². The molecule has 9 aromatic carbocycles. The molecule has 0 saturated heterocycles. The molecular formula is C61H45NO. The Morgan fingerprint density at radius 1 is 0.317 bits per heavy atom. The topological polar surface area (TPSA) is 16.4 Å². The van der Waals surface area contributed by atoms with Crippen molar-refractivity contribution in [3.8, 4) is 33.4 Å². The minimum absolute atomic E-state index is 0.132. The minimum Gasteiger partial charge on any atom is -0.456 e. The van der Waals surface area contributed by atoms with E-state index in [1.807, 2.05) is 0 Å². The third-order valence-electron chi connectivity index (χ3n) is 15.0. The van der Waals surface area contributed by atoms with Crippen LogP contribution in [0.1, 0.15) is 72.2 Å². The minimum atomic E-state index is -0.481. The third-order valence-corrected chi connectivity index (χ3v) is 15.0. The Balaban J connectivity index is 1.00. The molecule has 13 rings (SSSR count). The molecule has 1 heterocycles. The van der Waals surface area contributed by atoms with Gasteiger partial charge in [0.05, 0.1) is 5.41 Å². The summed E-state index contributed by atoms with van der Waals surface area (Å²) in [5.74, 6) is 0. The molecule has 10 aromatic rings. The van der Waals surface area contributed by atoms with Crippen LogP contribution < -0.4 is 4.90 Å². The normalized spacial score (nSPS) is 15.4. The summed E-state index contributed by atoms with van der Waals surface area (Å²) in [6, 6.07) is 74.5. The molecule has 3 aliphatic carbocycles. The molecule has 63 heavy (non-hydrogen) atoms. The van der Waals surface area contributed by atoms with Crippen LogP contribution in [0.3, 0.4) is 0 Å². The van der Waals surface area contributed by atoms with Crippen LogP contribution in [-0.4, -0.2) is 0 Å². The summed E-state index contributed by atoms with van der Waals surface area (Å²) in [6.45, 7) is 9.45. The van der Waals surface area contributed by atoms with Crippen LogP contribution in [0.15, 0.2) is 205 Å². The van der Waals surface area contributed by atoms with Crippen molar-refractivity contribution in [1.29, 1.82) is 0 Å². The molecule has 0 amide bonds. The Kier molecular flexibility index (Phi) is 7.37. The van der Waals surface area contributed by atoms with Crippen molar-refractivity contribution in [2.75, 3.05) is 4.90 Å². The van der Waals surface area contributed by atoms with E-state index in [0.29, 0.717) is 0 Å². The van der Waals surface area contributed by atoms with E-state index in [0.717, 1.165) is 39.0 Å². The van der Waals surface area contributed by atoms with E-state index in [4.69, 9.17) is 4.42 Å². The Bertz CT molecular complexity index is 3380. The van der Waals surface area contributed by atoms with Crippen LogP contribution in [0.25, 0.3) is 55.3 Å². The highest BCUT2D eigenvalue weighted by Gasteiger charge is 2.46. The van der Waals surface area contributed by atoms with Crippen molar-refractivity contribution in [1.82, 2.24) is 0 Å². The van der Waals surface area contributed by atoms with Crippen molar-refractivity contribution in [2.45, 2.75) is 43.9 Å². The zero-order valence-corrected chi connectivity index (χ0v) is 35.9. The van der Waals surface area contributed by atoms with Gasteiger partial charge in [0.25, 0.3) is 0 Å². The smallest absolute Gasteiger partial charge is 0.137 e. The van der Waals surface area contributed by atoms with Crippen molar-refractivity contribution in [2.24, 2.45) is 0 Å². The number of anilines is 3. The van der Waals surface area contributed by atoms with Gasteiger partial charge in [-0.15, -0.1) is 0 Å². The Morgan fingerprint density at radius 2 is 0.762 bits per heavy atom. The molecule has 2 heteroatoms. The summed E-state index contributed by atoms with van der Waals surface area (Å²) in [5, 5.41) is 2.22. The summed E-state index contributed by atoms with van der Waals surface area (Å²) in [6.07, 6.45) is 0. The molecule has 3 aliphatic rings. The molecule has 0 fully saturated rings. The van der Waals surface area contributed by atoms with Crippen LogP contribution >= 0.6 is 0 Å². The van der Waals surface area contributed by atoms with Gasteiger partial charge in [-0.3, -0.25) is 0 Å². The van der Waals surface area contributed by atoms with E-state index >= 15 is 0 Å². The molecule has 0 aliphatic heterocycles. The number of furan rings is 1. The molecule has 300 valence electrons. The molecule has 1 aromatic heterocycles. The van der Waals surface area contributed by atoms with Gasteiger partial charge in [0.1, 0.15) is 11.2 Å². The summed E-state index contributed by atoms with van der Waals surface area (Å²) < 4.78 is 6.88. The third kappa shape index (κ3) is 4.84. The highest BCUT2D eigenvalue weighted by molar-refractivity contribution is 6.07. The maximum atomic E-state index is 6.88. The second kappa shape index (κ2) is 12.8. The number of hydrogen-bond acceptors (Lipinski definition) is 2. The maximum absolute atomic E-state index is 6.88. The number of nitrogens with zero attached hydrogens (tertiary/aromatic N) is 1. The predicted octanol–water partition coefficient (Wildman–Crippen LogP) is 16.0. The van der Waals surface area contributed by atoms with Crippen molar-refractivity contribution < 1.29 is 4.42 Å². The predicted molar refractivity (Wildman–Crippen MR) is 261 cm³/mol. The van der Waals surface area contributed by atoms with Gasteiger partial charge in [-0.25, -0.2) is 0 Å². The fourth-order valence-electron chi connectivity index (χ4n) is 12.0. The molecule has 0 atom stereocenters. The highest BCUT2D eigenvalue weighted by Crippen LogP contribution is 2.57. The van der Waals surface area contributed by atoms with Gasteiger partial charge in [-0.05, 0) is 126 Å². The molecule has 0 bridgehead atoms. The lowest BCUT2D eigenvalue weighted by Crippen LogP contribution is -2.28. The van der Waals surface area contributed by atoms with Gasteiger partial charge in [0.15, 0.2) is 0 Å². The monoisotopic (exact) mass is 807 g/mol. The largest absolute Gasteiger partial charge is 0.456 e. The second-order valence-electron chi connectivity index (χ2n) is 18.8. The van der Waals surface area contributed by atoms with Crippen LogP contribution in [0.5, 0.6) is 0 Å². The van der Waals surface area contributed by atoms with E-state index in [-0.39, 0.29) is 10.8 Å². The SMILES string of the molecule is CC1(C)c2ccccc2-c2ccc(N(c3ccc4c(c3)C(C)(C)c3ccccc3-4)c3ccc4c(c3)oc3ccc(C5(c6ccccc6)c6ccccc6-c6ccccc65)cc34)cc21. The summed E-state index contributed by atoms with van der Waals surface area (Å²) in [5.41, 5.74) is 22.7. The van der Waals surface area contributed by atoms with Gasteiger partial charge in [-0.1, -0.05) is 173 Å². The first kappa shape index (κ1) is 36.3. The van der Waals surface area contributed by atoms with Crippen LogP contribution in [0, 0.1) is 0 Å². The lowest BCUT2D eigenvalue weighted by atomic mass is 9.67. The zero-order valence-electron chi connectivity index (χ0n) is 35.9. The number of benzene rings is 9. The Hall–Kier alpha value is -7.42. The molecular weight excluding hydrogens is 763 g/mol. The summed E-state index contributed by atoms with van der Waals surface area (Å²) >= 11 is 0. The Morgan fingerprint density at radius 3 is 1.32 bits per heavy atom. The zero-order chi connectivity index (χ0) is 42.2. The van der Waals surface area contributed by atoms with E-state index in [2.05, 4.69) is 233 Å². The Labute approximate surface area is 368 Å². The fourth-order valence-corrected chi connectivity index (χ4v) is 12.0. The highest BCUT2D eigenvalue weighted by atomic mass is 16.3. The first-order valence-electron chi connectivity index (χ1n) is 22.3. The average molecular weight is 808 g/mol. The van der Waals surface area contributed by atoms with E-state index < -0.39 is 5.41 Å². The summed E-state index contributed by atoms with van der Waals surface area (Å²) in [4.78, 5) is 2.44. The number of rotatable bonds is 5. The number of fused-ring (bicyclic) bond motifs is 12. The van der Waals surface area contributed by atoms with Gasteiger partial charge >= 0.3 is 0 Å². The maximum Gasteiger partial charge on any atom is 0.137 e. The van der Waals surface area contributed by atoms with Crippen LogP contribution in [0.2, 0.25) is 0 Å². The van der Waals surface area contributed by atoms with E-state index in [9.17, 15) is 0 Å². The van der Waals surface area contributed by atoms with Crippen molar-refractivity contribution in [3.05, 3.63) is 245 Å². The van der Waals surface area contributed by atoms with E-state index in [1.54, 1.807) is 0 Å². The average Bonchev–Trinajstić information content (AvgIpc) is 3.98. The second-order valence-corrected chi connectivity index (χ2v) is 18.8. The standard InChI is InChI=1S/C61H45NO/c1-59(2)51-22-12-8-18-43(51)47-30-27-40(35-55(47)59)62(41-28-31-48-44-19-9-13-23-52(44)60(3,4)56(48)36-41)42-29-32-49-50-34-39(26-33-57(50)63-58(49)37-42)61(38-16-6-5-7-17-38)53-24-14-10-20-45(53)46-21-11-15-25-54(46)61/h5-37H,1-4H3. The molecule has 0 N–H and O–H groups in total. The molecule has 2 nitrogen and oxygen atoms in total. The van der Waals surface area contributed by atoms with Gasteiger partial charge in [0.2, 0.25) is 0 Å². The van der Waals surface area contributed by atoms with Gasteiger partial charge in [-0.2, -0.15) is 0 Å². The first-order valence-corrected chi connectivity index (χ1v) is 22.3.